The molecule has 2 heterocycles. The Hall–Kier alpha value is -3.81. The second kappa shape index (κ2) is 6.73. The largest absolute Gasteiger partial charge is 0.324 e. The number of carbonyl (C=O) groups excluding carboxylic acids is 2. The minimum Gasteiger partial charge on any atom is -0.324 e. The molecule has 8 nitrogen and oxygen atoms in total. The number of aryl methyl sites for hydroxylation is 2. The van der Waals surface area contributed by atoms with E-state index >= 15 is 0 Å². The third-order valence-electron chi connectivity index (χ3n) is 4.69. The maximum Gasteiger partial charge on any atom is 0.259 e. The van der Waals surface area contributed by atoms with E-state index in [1.54, 1.807) is 35.9 Å². The molecule has 0 aliphatic carbocycles. The molecule has 1 N–H and O–H groups in total. The quantitative estimate of drug-likeness (QED) is 0.757. The van der Waals surface area contributed by atoms with E-state index in [4.69, 9.17) is 0 Å². The third kappa shape index (κ3) is 2.94. The molecule has 0 radical (unpaired) electrons. The van der Waals surface area contributed by atoms with E-state index < -0.39 is 0 Å². The molecule has 0 atom stereocenters. The molecule has 0 fully saturated rings. The van der Waals surface area contributed by atoms with Crippen LogP contribution in [0, 0.1) is 13.8 Å². The van der Waals surface area contributed by atoms with Gasteiger partial charge in [0.2, 0.25) is 5.91 Å². The Kier molecular flexibility index (Phi) is 4.23. The molecule has 0 saturated carbocycles. The number of nitrogens with one attached hydrogen (secondary N) is 1. The minimum atomic E-state index is -0.314. The van der Waals surface area contributed by atoms with Crippen LogP contribution < -0.4 is 5.32 Å². The highest BCUT2D eigenvalue weighted by Crippen LogP contribution is 2.30. The van der Waals surface area contributed by atoms with Crippen LogP contribution in [0.25, 0.3) is 11.4 Å². The predicted octanol–water partition coefficient (Wildman–Crippen LogP) is 2.34. The highest BCUT2D eigenvalue weighted by atomic mass is 16.2. The first-order chi connectivity index (χ1) is 13.5. The van der Waals surface area contributed by atoms with Crippen LogP contribution in [0.2, 0.25) is 0 Å². The number of rotatable bonds is 4. The normalized spacial score (nSPS) is 13.0. The first kappa shape index (κ1) is 17.6. The Balaban J connectivity index is 1.52. The molecule has 1 aromatic heterocycles. The number of benzene rings is 2. The van der Waals surface area contributed by atoms with E-state index in [9.17, 15) is 9.59 Å². The van der Waals surface area contributed by atoms with Crippen LogP contribution in [-0.2, 0) is 4.79 Å². The summed E-state index contributed by atoms with van der Waals surface area (Å²) in [5, 5.41) is 14.3. The van der Waals surface area contributed by atoms with Crippen molar-refractivity contribution in [3.05, 3.63) is 71.6 Å². The fourth-order valence-corrected chi connectivity index (χ4v) is 3.22. The molecule has 0 saturated heterocycles. The molecule has 1 aliphatic heterocycles. The summed E-state index contributed by atoms with van der Waals surface area (Å²) in [6.07, 6.45) is 0. The molecular weight excluding hydrogens is 356 g/mol. The van der Waals surface area contributed by atoms with Crippen molar-refractivity contribution in [1.82, 2.24) is 25.1 Å². The van der Waals surface area contributed by atoms with Crippen LogP contribution in [0.3, 0.4) is 0 Å². The van der Waals surface area contributed by atoms with Gasteiger partial charge in [-0.05, 0) is 48.0 Å². The van der Waals surface area contributed by atoms with Crippen LogP contribution in [0.1, 0.15) is 27.3 Å². The average Bonchev–Trinajstić information content (AvgIpc) is 3.21. The predicted molar refractivity (Wildman–Crippen MR) is 104 cm³/mol. The molecular formula is C20H18N6O2. The van der Waals surface area contributed by atoms with Crippen molar-refractivity contribution < 1.29 is 9.59 Å². The Labute approximate surface area is 161 Å². The zero-order valence-electron chi connectivity index (χ0n) is 15.5. The molecule has 3 aromatic rings. The lowest BCUT2D eigenvalue weighted by Gasteiger charge is -2.17. The lowest BCUT2D eigenvalue weighted by Crippen LogP contribution is -2.32. The molecule has 2 amide bonds. The number of anilines is 1. The number of tetrazole rings is 1. The van der Waals surface area contributed by atoms with Crippen LogP contribution in [0.15, 0.2) is 49.0 Å². The topological polar surface area (TPSA) is 93.0 Å². The van der Waals surface area contributed by atoms with Crippen molar-refractivity contribution in [2.75, 3.05) is 11.9 Å². The average molecular weight is 374 g/mol. The van der Waals surface area contributed by atoms with E-state index in [0.717, 1.165) is 16.8 Å². The van der Waals surface area contributed by atoms with Crippen molar-refractivity contribution in [3.8, 4) is 5.69 Å². The number of amides is 2. The maximum atomic E-state index is 12.6. The molecule has 8 heteroatoms. The zero-order chi connectivity index (χ0) is 19.8. The summed E-state index contributed by atoms with van der Waals surface area (Å²) < 4.78 is 1.60. The van der Waals surface area contributed by atoms with Gasteiger partial charge in [-0.1, -0.05) is 30.8 Å². The highest BCUT2D eigenvalue weighted by Gasteiger charge is 2.31. The van der Waals surface area contributed by atoms with Crippen LogP contribution in [0.4, 0.5) is 5.69 Å². The van der Waals surface area contributed by atoms with Gasteiger partial charge < -0.3 is 5.32 Å². The highest BCUT2D eigenvalue weighted by molar-refractivity contribution is 6.11. The van der Waals surface area contributed by atoms with Gasteiger partial charge in [0.15, 0.2) is 5.82 Å². The van der Waals surface area contributed by atoms with Crippen molar-refractivity contribution in [2.45, 2.75) is 13.8 Å². The molecule has 0 spiro atoms. The molecule has 0 unspecified atom stereocenters. The maximum absolute atomic E-state index is 12.6. The molecule has 0 bridgehead atoms. The minimum absolute atomic E-state index is 0.112. The monoisotopic (exact) mass is 374 g/mol. The summed E-state index contributed by atoms with van der Waals surface area (Å²) in [4.78, 5) is 26.5. The van der Waals surface area contributed by atoms with E-state index in [-0.39, 0.29) is 18.4 Å². The first-order valence-electron chi connectivity index (χ1n) is 8.72. The fraction of sp³-hybridized carbons (Fsp3) is 0.150. The van der Waals surface area contributed by atoms with E-state index in [1.807, 2.05) is 25.1 Å². The van der Waals surface area contributed by atoms with Crippen LogP contribution >= 0.6 is 0 Å². The number of aromatic nitrogens is 4. The smallest absolute Gasteiger partial charge is 0.259 e. The number of hydrogen-bond acceptors (Lipinski definition) is 5. The Morgan fingerprint density at radius 1 is 1.14 bits per heavy atom. The fourth-order valence-electron chi connectivity index (χ4n) is 3.22. The number of fused-ring (bicyclic) bond motifs is 1. The summed E-state index contributed by atoms with van der Waals surface area (Å²) in [5.41, 5.74) is 4.18. The van der Waals surface area contributed by atoms with Crippen molar-refractivity contribution in [3.63, 3.8) is 0 Å². The van der Waals surface area contributed by atoms with Gasteiger partial charge in [-0.25, -0.2) is 0 Å². The number of carbonyl (C=O) groups is 2. The molecule has 28 heavy (non-hydrogen) atoms. The number of nitrogens with zero attached hydrogens (tertiary/aromatic N) is 5. The zero-order valence-corrected chi connectivity index (χ0v) is 15.5. The second-order valence-electron chi connectivity index (χ2n) is 6.57. The lowest BCUT2D eigenvalue weighted by molar-refractivity contribution is -0.116. The molecule has 1 aliphatic rings. The van der Waals surface area contributed by atoms with Gasteiger partial charge >= 0.3 is 0 Å². The standard InChI is InChI=1S/C20H18N6O2/c1-12-8-9-15(10-18(12)26-14(3)22-23-24-26)21-19(27)11-25-13(2)16-6-4-5-7-17(16)20(25)28/h4-10H,2,11H2,1,3H3,(H,21,27). The van der Waals surface area contributed by atoms with Crippen molar-refractivity contribution in [2.24, 2.45) is 0 Å². The van der Waals surface area contributed by atoms with Gasteiger partial charge in [-0.2, -0.15) is 4.68 Å². The first-order valence-corrected chi connectivity index (χ1v) is 8.72. The summed E-state index contributed by atoms with van der Waals surface area (Å²) in [7, 11) is 0. The van der Waals surface area contributed by atoms with E-state index in [2.05, 4.69) is 27.4 Å². The number of hydrogen-bond donors (Lipinski definition) is 1. The summed E-state index contributed by atoms with van der Waals surface area (Å²) >= 11 is 0. The van der Waals surface area contributed by atoms with Gasteiger partial charge in [0, 0.05) is 22.5 Å². The van der Waals surface area contributed by atoms with Gasteiger partial charge in [-0.3, -0.25) is 14.5 Å². The summed E-state index contributed by atoms with van der Waals surface area (Å²) in [6, 6.07) is 12.7. The summed E-state index contributed by atoms with van der Waals surface area (Å²) in [6.45, 7) is 7.58. The Morgan fingerprint density at radius 2 is 1.89 bits per heavy atom. The Morgan fingerprint density at radius 3 is 2.57 bits per heavy atom. The van der Waals surface area contributed by atoms with Gasteiger partial charge in [0.1, 0.15) is 6.54 Å². The van der Waals surface area contributed by atoms with Gasteiger partial charge in [0.25, 0.3) is 5.91 Å². The lowest BCUT2D eigenvalue weighted by atomic mass is 10.1. The summed E-state index contributed by atoms with van der Waals surface area (Å²) in [5.74, 6) is 0.110. The SMILES string of the molecule is C=C1c2ccccc2C(=O)N1CC(=O)Nc1ccc(C)c(-n2nnnc2C)c1. The molecule has 2 aromatic carbocycles. The van der Waals surface area contributed by atoms with Gasteiger partial charge in [0.05, 0.1) is 5.69 Å². The van der Waals surface area contributed by atoms with E-state index in [1.165, 1.54) is 4.90 Å². The third-order valence-corrected chi connectivity index (χ3v) is 4.69. The van der Waals surface area contributed by atoms with E-state index in [0.29, 0.717) is 22.8 Å². The van der Waals surface area contributed by atoms with Crippen LogP contribution in [0.5, 0.6) is 0 Å². The van der Waals surface area contributed by atoms with Crippen LogP contribution in [-0.4, -0.2) is 43.5 Å². The molecule has 140 valence electrons. The Bertz CT molecular complexity index is 1080. The molecule has 4 rings (SSSR count). The second-order valence-corrected chi connectivity index (χ2v) is 6.57. The van der Waals surface area contributed by atoms with Crippen molar-refractivity contribution >= 4 is 23.2 Å². The van der Waals surface area contributed by atoms with Crippen molar-refractivity contribution in [1.29, 1.82) is 0 Å². The van der Waals surface area contributed by atoms with Gasteiger partial charge in [-0.15, -0.1) is 5.10 Å².